The number of rotatable bonds is 3. The lowest BCUT2D eigenvalue weighted by atomic mass is 9.92. The minimum Gasteiger partial charge on any atom is -0.329 e. The normalized spacial score (nSPS) is 11.8. The second-order valence-corrected chi connectivity index (χ2v) is 4.91. The van der Waals surface area contributed by atoms with Gasteiger partial charge in [0.25, 0.3) is 0 Å². The summed E-state index contributed by atoms with van der Waals surface area (Å²) in [6, 6.07) is 4.60. The van der Waals surface area contributed by atoms with Crippen LogP contribution < -0.4 is 11.1 Å². The smallest absolute Gasteiger partial charge is 0.329 e. The van der Waals surface area contributed by atoms with Gasteiger partial charge in [0.1, 0.15) is 0 Å². The van der Waals surface area contributed by atoms with E-state index in [1.165, 1.54) is 19.9 Å². The van der Waals surface area contributed by atoms with E-state index in [2.05, 4.69) is 5.32 Å². The zero-order valence-corrected chi connectivity index (χ0v) is 11.0. The van der Waals surface area contributed by atoms with E-state index in [4.69, 9.17) is 11.0 Å². The lowest BCUT2D eigenvalue weighted by Crippen LogP contribution is -2.37. The summed E-state index contributed by atoms with van der Waals surface area (Å²) in [7, 11) is 0. The van der Waals surface area contributed by atoms with Gasteiger partial charge >= 0.3 is 6.18 Å². The minimum atomic E-state index is -4.66. The lowest BCUT2D eigenvalue weighted by molar-refractivity contribution is -0.137. The van der Waals surface area contributed by atoms with Crippen LogP contribution >= 0.6 is 0 Å². The Morgan fingerprint density at radius 3 is 2.45 bits per heavy atom. The molecule has 0 saturated heterocycles. The summed E-state index contributed by atoms with van der Waals surface area (Å²) < 4.78 is 38.7. The number of nitrogens with one attached hydrogen (secondary N) is 1. The fraction of sp³-hybridized carbons (Fsp3) is 0.385. The van der Waals surface area contributed by atoms with Gasteiger partial charge in [-0.1, -0.05) is 0 Å². The molecule has 7 heteroatoms. The van der Waals surface area contributed by atoms with Crippen LogP contribution in [0.5, 0.6) is 0 Å². The van der Waals surface area contributed by atoms with Crippen LogP contribution in [0.4, 0.5) is 18.9 Å². The summed E-state index contributed by atoms with van der Waals surface area (Å²) in [5.74, 6) is -0.616. The van der Waals surface area contributed by atoms with Crippen LogP contribution in [-0.4, -0.2) is 12.5 Å². The number of halogens is 3. The van der Waals surface area contributed by atoms with E-state index in [9.17, 15) is 18.0 Å². The molecule has 0 fully saturated rings. The summed E-state index contributed by atoms with van der Waals surface area (Å²) in [6.45, 7) is 3.05. The maximum atomic E-state index is 12.9. The summed E-state index contributed by atoms with van der Waals surface area (Å²) in [6.07, 6.45) is -4.66. The molecule has 1 aromatic carbocycles. The highest BCUT2D eigenvalue weighted by molar-refractivity contribution is 5.95. The third kappa shape index (κ3) is 3.48. The van der Waals surface area contributed by atoms with Crippen molar-refractivity contribution < 1.29 is 18.0 Å². The van der Waals surface area contributed by atoms with Crippen LogP contribution in [0.1, 0.15) is 25.0 Å². The quantitative estimate of drug-likeness (QED) is 0.895. The van der Waals surface area contributed by atoms with E-state index in [-0.39, 0.29) is 17.8 Å². The molecule has 0 heterocycles. The maximum absolute atomic E-state index is 12.9. The van der Waals surface area contributed by atoms with Crippen molar-refractivity contribution >= 4 is 11.6 Å². The number of benzene rings is 1. The predicted octanol–water partition coefficient (Wildman–Crippen LogP) is 2.50. The summed E-state index contributed by atoms with van der Waals surface area (Å²) >= 11 is 0. The van der Waals surface area contributed by atoms with Gasteiger partial charge in [-0.15, -0.1) is 0 Å². The van der Waals surface area contributed by atoms with E-state index < -0.39 is 23.1 Å². The Morgan fingerprint density at radius 1 is 1.40 bits per heavy atom. The molecule has 0 radical (unpaired) electrons. The number of nitrogens with zero attached hydrogens (tertiary/aromatic N) is 1. The molecule has 0 aromatic heterocycles. The molecule has 1 rings (SSSR count). The van der Waals surface area contributed by atoms with Crippen molar-refractivity contribution in [2.24, 2.45) is 11.1 Å². The summed E-state index contributed by atoms with van der Waals surface area (Å²) in [5.41, 5.74) is 2.84. The summed E-state index contributed by atoms with van der Waals surface area (Å²) in [4.78, 5) is 11.9. The van der Waals surface area contributed by atoms with Crippen molar-refractivity contribution in [2.45, 2.75) is 20.0 Å². The Balaban J connectivity index is 3.20. The largest absolute Gasteiger partial charge is 0.418 e. The lowest BCUT2D eigenvalue weighted by Gasteiger charge is -2.22. The first kappa shape index (κ1) is 16.0. The Labute approximate surface area is 114 Å². The number of hydrogen-bond acceptors (Lipinski definition) is 3. The first-order valence-electron chi connectivity index (χ1n) is 5.74. The average molecular weight is 285 g/mol. The van der Waals surface area contributed by atoms with Gasteiger partial charge in [0, 0.05) is 6.54 Å². The molecule has 0 aliphatic rings. The summed E-state index contributed by atoms with van der Waals surface area (Å²) in [5, 5.41) is 10.9. The van der Waals surface area contributed by atoms with Crippen LogP contribution in [0, 0.1) is 16.7 Å². The molecule has 0 atom stereocenters. The Kier molecular flexibility index (Phi) is 4.40. The number of anilines is 1. The van der Waals surface area contributed by atoms with Crippen LogP contribution in [0.3, 0.4) is 0 Å². The number of alkyl halides is 3. The molecule has 0 aliphatic carbocycles. The number of carbonyl (C=O) groups excluding carboxylic acids is 1. The van der Waals surface area contributed by atoms with E-state index in [0.29, 0.717) is 6.07 Å². The van der Waals surface area contributed by atoms with Gasteiger partial charge in [-0.25, -0.2) is 0 Å². The van der Waals surface area contributed by atoms with E-state index in [0.717, 1.165) is 6.07 Å². The molecule has 0 saturated carbocycles. The van der Waals surface area contributed by atoms with Gasteiger partial charge in [-0.3, -0.25) is 4.79 Å². The number of carbonyl (C=O) groups is 1. The van der Waals surface area contributed by atoms with Crippen LogP contribution in [0.25, 0.3) is 0 Å². The fourth-order valence-electron chi connectivity index (χ4n) is 1.34. The standard InChI is InChI=1S/C13H14F3N3O/c1-12(2,7-18)11(20)19-10-4-3-8(6-17)5-9(10)13(14,15)16/h3-5H,7,18H2,1-2H3,(H,19,20). The highest BCUT2D eigenvalue weighted by Crippen LogP contribution is 2.36. The second kappa shape index (κ2) is 5.51. The number of nitrogens with two attached hydrogens (primary N) is 1. The molecule has 0 spiro atoms. The molecule has 3 N–H and O–H groups in total. The third-order valence-corrected chi connectivity index (χ3v) is 2.83. The molecule has 1 aromatic rings. The molecule has 20 heavy (non-hydrogen) atoms. The van der Waals surface area contributed by atoms with Crippen molar-refractivity contribution in [1.29, 1.82) is 5.26 Å². The van der Waals surface area contributed by atoms with Gasteiger partial charge in [-0.2, -0.15) is 18.4 Å². The fourth-order valence-corrected chi connectivity index (χ4v) is 1.34. The highest BCUT2D eigenvalue weighted by atomic mass is 19.4. The predicted molar refractivity (Wildman–Crippen MR) is 67.6 cm³/mol. The number of nitriles is 1. The van der Waals surface area contributed by atoms with Gasteiger partial charge in [0.05, 0.1) is 28.3 Å². The molecule has 0 bridgehead atoms. The van der Waals surface area contributed by atoms with Gasteiger partial charge in [-0.05, 0) is 32.0 Å². The first-order chi connectivity index (χ1) is 9.11. The van der Waals surface area contributed by atoms with Gasteiger partial charge in [0.2, 0.25) is 5.91 Å². The monoisotopic (exact) mass is 285 g/mol. The molecular weight excluding hydrogens is 271 g/mol. The Hall–Kier alpha value is -2.07. The molecule has 0 aliphatic heterocycles. The van der Waals surface area contributed by atoms with E-state index in [1.807, 2.05) is 0 Å². The van der Waals surface area contributed by atoms with Crippen LogP contribution in [0.15, 0.2) is 18.2 Å². The zero-order chi connectivity index (χ0) is 15.6. The topological polar surface area (TPSA) is 78.9 Å². The average Bonchev–Trinajstić information content (AvgIpc) is 2.37. The highest BCUT2D eigenvalue weighted by Gasteiger charge is 2.35. The Morgan fingerprint density at radius 2 is 2.00 bits per heavy atom. The molecular formula is C13H14F3N3O. The number of amides is 1. The van der Waals surface area contributed by atoms with Crippen LogP contribution in [0.2, 0.25) is 0 Å². The van der Waals surface area contributed by atoms with Crippen molar-refractivity contribution in [3.63, 3.8) is 0 Å². The first-order valence-corrected chi connectivity index (χ1v) is 5.74. The zero-order valence-electron chi connectivity index (χ0n) is 11.0. The van der Waals surface area contributed by atoms with Crippen molar-refractivity contribution in [3.8, 4) is 6.07 Å². The van der Waals surface area contributed by atoms with Gasteiger partial charge < -0.3 is 11.1 Å². The minimum absolute atomic E-state index is 0.00351. The van der Waals surface area contributed by atoms with Crippen molar-refractivity contribution in [3.05, 3.63) is 29.3 Å². The third-order valence-electron chi connectivity index (χ3n) is 2.83. The molecule has 108 valence electrons. The maximum Gasteiger partial charge on any atom is 0.418 e. The van der Waals surface area contributed by atoms with E-state index >= 15 is 0 Å². The second-order valence-electron chi connectivity index (χ2n) is 4.91. The SMILES string of the molecule is CC(C)(CN)C(=O)Nc1ccc(C#N)cc1C(F)(F)F. The molecule has 1 amide bonds. The van der Waals surface area contributed by atoms with Crippen molar-refractivity contribution in [1.82, 2.24) is 0 Å². The van der Waals surface area contributed by atoms with Gasteiger partial charge in [0.15, 0.2) is 0 Å². The molecule has 4 nitrogen and oxygen atoms in total. The van der Waals surface area contributed by atoms with Crippen molar-refractivity contribution in [2.75, 3.05) is 11.9 Å². The number of hydrogen-bond donors (Lipinski definition) is 2. The Bertz CT molecular complexity index is 559. The molecule has 0 unspecified atom stereocenters. The van der Waals surface area contributed by atoms with Crippen LogP contribution in [-0.2, 0) is 11.0 Å². The van der Waals surface area contributed by atoms with E-state index in [1.54, 1.807) is 6.07 Å².